The van der Waals surface area contributed by atoms with Crippen LogP contribution in [-0.4, -0.2) is 47.3 Å². The molecule has 10 nitrogen and oxygen atoms in total. The molecule has 0 N–H and O–H groups in total. The van der Waals surface area contributed by atoms with Crippen LogP contribution in [0.3, 0.4) is 0 Å². The number of hydrogen-bond acceptors (Lipinski definition) is 4. The molecule has 0 fully saturated rings. The van der Waals surface area contributed by atoms with Crippen molar-refractivity contribution in [2.45, 2.75) is 0 Å². The topological polar surface area (TPSA) is 81.1 Å². The maximum absolute atomic E-state index is 5.61. The Bertz CT molecular complexity index is 9430. The van der Waals surface area contributed by atoms with Gasteiger partial charge in [0.25, 0.3) is 0 Å². The predicted octanol–water partition coefficient (Wildman–Crippen LogP) is 33.0. The molecular weight excluding hydrogens is 1680 g/mol. The lowest BCUT2D eigenvalue weighted by Crippen LogP contribution is -2.02. The smallest absolute Gasteiger partial charge is 0.160 e. The summed E-state index contributed by atoms with van der Waals surface area (Å²) < 4.78 is 14.4. The maximum atomic E-state index is 5.61. The van der Waals surface area contributed by atoms with Crippen molar-refractivity contribution in [1.29, 1.82) is 0 Å². The summed E-state index contributed by atoms with van der Waals surface area (Å²) in [5.41, 5.74) is 29.6. The molecule has 0 bridgehead atoms. The maximum Gasteiger partial charge on any atom is 0.160 e. The van der Waals surface area contributed by atoms with E-state index in [1.807, 2.05) is 0 Å². The van der Waals surface area contributed by atoms with E-state index in [0.717, 1.165) is 151 Å². The molecule has 0 amide bonds. The Kier molecular flexibility index (Phi) is 17.8. The molecule has 642 valence electrons. The summed E-state index contributed by atoms with van der Waals surface area (Å²) in [7, 11) is 0. The zero-order chi connectivity index (χ0) is 90.6. The van der Waals surface area contributed by atoms with Crippen LogP contribution in [0.2, 0.25) is 0 Å². The molecule has 8 heterocycles. The van der Waals surface area contributed by atoms with Crippen LogP contribution in [-0.2, 0) is 0 Å². The molecular formula is C128H80N10. The second-order valence-electron chi connectivity index (χ2n) is 35.9. The average Bonchev–Trinajstić information content (AvgIpc) is 1.50. The molecule has 0 atom stereocenters. The van der Waals surface area contributed by atoms with E-state index >= 15 is 0 Å². The summed E-state index contributed by atoms with van der Waals surface area (Å²) in [6.45, 7) is 0. The van der Waals surface area contributed by atoms with E-state index in [9.17, 15) is 0 Å². The first-order chi connectivity index (χ1) is 68.4. The molecule has 21 aromatic carbocycles. The van der Waals surface area contributed by atoms with E-state index in [2.05, 4.69) is 513 Å². The van der Waals surface area contributed by atoms with Gasteiger partial charge in [0.15, 0.2) is 11.6 Å². The fourth-order valence-corrected chi connectivity index (χ4v) is 22.2. The van der Waals surface area contributed by atoms with E-state index in [-0.39, 0.29) is 0 Å². The van der Waals surface area contributed by atoms with Crippen LogP contribution in [0.1, 0.15) is 0 Å². The van der Waals surface area contributed by atoms with Gasteiger partial charge in [0.1, 0.15) is 0 Å². The van der Waals surface area contributed by atoms with Gasteiger partial charge < -0.3 is 27.4 Å². The van der Waals surface area contributed by atoms with Gasteiger partial charge in [-0.2, -0.15) is 0 Å². The van der Waals surface area contributed by atoms with Crippen LogP contribution in [0.25, 0.3) is 265 Å². The number of benzene rings is 21. The number of hydrogen-bond donors (Lipinski definition) is 0. The Morgan fingerprint density at radius 2 is 0.348 bits per heavy atom. The van der Waals surface area contributed by atoms with E-state index in [1.165, 1.54) is 103 Å². The zero-order valence-corrected chi connectivity index (χ0v) is 74.7. The summed E-state index contributed by atoms with van der Waals surface area (Å²) in [5.74, 6) is 1.32. The standard InChI is InChI=1S/C66H41N5.C62H39N5/c1-3-19-49-43(17-1)37-44-18-2-4-20-50(44)65(49)58-41-57(67-66(68-58)42-33-35-46(36-34-42)69-59-27-11-5-21-51(59)52-22-6-12-28-60(52)69)45-38-47(70-61-29-13-7-23-53(61)54-24-8-14-30-62(54)70)40-48(39-45)71-63-31-15-9-25-55(63)56-26-10-16-32-64(56)71;1-2-18-46-40(16-1)17-15-25-47(46)55-39-54(63-62(64-55)41-32-34-43(35-33-41)65-56-26-9-3-19-48(56)49-20-4-10-27-57(49)65)42-36-44(66-58-28-11-5-21-50(58)51-22-6-12-29-59(51)66)38-45(37-42)67-60-30-13-7-23-52(60)53-24-8-14-31-61(53)67/h1-41H;1-39H. The van der Waals surface area contributed by atoms with Crippen LogP contribution in [0.4, 0.5) is 0 Å². The largest absolute Gasteiger partial charge is 0.309 e. The van der Waals surface area contributed by atoms with Crippen molar-refractivity contribution in [3.8, 4) is 102 Å². The van der Waals surface area contributed by atoms with Crippen LogP contribution in [0.5, 0.6) is 0 Å². The third-order valence-corrected chi connectivity index (χ3v) is 28.2. The van der Waals surface area contributed by atoms with Crippen LogP contribution in [0.15, 0.2) is 485 Å². The van der Waals surface area contributed by atoms with Gasteiger partial charge in [-0.25, -0.2) is 19.9 Å². The molecule has 0 aliphatic heterocycles. The summed E-state index contributed by atoms with van der Waals surface area (Å²) in [5, 5.41) is 21.6. The normalized spacial score (nSPS) is 11.9. The van der Waals surface area contributed by atoms with Crippen molar-refractivity contribution >= 4 is 163 Å². The molecule has 0 radical (unpaired) electrons. The van der Waals surface area contributed by atoms with Crippen molar-refractivity contribution in [2.24, 2.45) is 0 Å². The summed E-state index contributed by atoms with van der Waals surface area (Å²) in [4.78, 5) is 22.1. The van der Waals surface area contributed by atoms with Crippen LogP contribution >= 0.6 is 0 Å². The lowest BCUT2D eigenvalue weighted by Gasteiger charge is -2.17. The van der Waals surface area contributed by atoms with Gasteiger partial charge in [-0.05, 0) is 208 Å². The van der Waals surface area contributed by atoms with Crippen molar-refractivity contribution in [3.63, 3.8) is 0 Å². The first-order valence-electron chi connectivity index (χ1n) is 47.1. The molecule has 29 rings (SSSR count). The van der Waals surface area contributed by atoms with Crippen molar-refractivity contribution in [3.05, 3.63) is 485 Å². The average molecular weight is 1760 g/mol. The highest BCUT2D eigenvalue weighted by Gasteiger charge is 2.26. The lowest BCUT2D eigenvalue weighted by molar-refractivity contribution is 1.13. The number of aromatic nitrogens is 10. The van der Waals surface area contributed by atoms with Gasteiger partial charge in [-0.3, -0.25) is 0 Å². The number of fused-ring (bicyclic) bond motifs is 21. The Hall–Kier alpha value is -18.6. The molecule has 10 heteroatoms. The number of para-hydroxylation sites is 12. The highest BCUT2D eigenvalue weighted by atomic mass is 15.0. The monoisotopic (exact) mass is 1760 g/mol. The molecule has 29 aromatic rings. The minimum Gasteiger partial charge on any atom is -0.309 e. The fraction of sp³-hybridized carbons (Fsp3) is 0. The Balaban J connectivity index is 0.000000136. The minimum atomic E-state index is 0.656. The Labute approximate surface area is 792 Å². The van der Waals surface area contributed by atoms with Crippen molar-refractivity contribution < 1.29 is 0 Å². The third-order valence-electron chi connectivity index (χ3n) is 28.2. The molecule has 0 saturated heterocycles. The molecule has 0 spiro atoms. The molecule has 0 aliphatic rings. The van der Waals surface area contributed by atoms with E-state index in [1.54, 1.807) is 0 Å². The second-order valence-corrected chi connectivity index (χ2v) is 35.9. The van der Waals surface area contributed by atoms with Crippen molar-refractivity contribution in [1.82, 2.24) is 47.3 Å². The summed E-state index contributed by atoms with van der Waals surface area (Å²) >= 11 is 0. The van der Waals surface area contributed by atoms with Gasteiger partial charge in [0.2, 0.25) is 0 Å². The SMILES string of the molecule is c1ccc2c(-c3cc(-c4cc(-n5c6ccccc6c6ccccc65)cc(-n5c6ccccc6c6ccccc65)c4)nc(-c4ccc(-n5c6ccccc6c6ccccc65)cc4)n3)c3ccccc3cc2c1.c1ccc2c(-c3cc(-c4cc(-n5c6ccccc6c6ccccc65)cc(-n5c6ccccc6c6ccccc65)c4)nc(-c4ccc(-n5c6ccccc6c6ccccc65)cc4)n3)cccc2c1. The highest BCUT2D eigenvalue weighted by molar-refractivity contribution is 6.17. The first kappa shape index (κ1) is 78.1. The van der Waals surface area contributed by atoms with Gasteiger partial charge in [-0.15, -0.1) is 0 Å². The molecule has 0 aliphatic carbocycles. The van der Waals surface area contributed by atoms with Gasteiger partial charge in [0.05, 0.1) is 89.0 Å². The lowest BCUT2D eigenvalue weighted by atomic mass is 9.94. The number of nitrogens with zero attached hydrogens (tertiary/aromatic N) is 10. The van der Waals surface area contributed by atoms with E-state index in [0.29, 0.717) is 11.6 Å². The van der Waals surface area contributed by atoms with Crippen molar-refractivity contribution in [2.75, 3.05) is 0 Å². The summed E-state index contributed by atoms with van der Waals surface area (Å²) in [6, 6.07) is 175. The molecule has 0 unspecified atom stereocenters. The second kappa shape index (κ2) is 31.5. The fourth-order valence-electron chi connectivity index (χ4n) is 22.2. The Morgan fingerprint density at radius 1 is 0.130 bits per heavy atom. The van der Waals surface area contributed by atoms with Crippen LogP contribution in [0, 0.1) is 0 Å². The predicted molar refractivity (Wildman–Crippen MR) is 575 cm³/mol. The van der Waals surface area contributed by atoms with E-state index in [4.69, 9.17) is 19.9 Å². The third kappa shape index (κ3) is 12.5. The molecule has 138 heavy (non-hydrogen) atoms. The highest BCUT2D eigenvalue weighted by Crippen LogP contribution is 2.46. The van der Waals surface area contributed by atoms with Gasteiger partial charge in [-0.1, -0.05) is 309 Å². The van der Waals surface area contributed by atoms with E-state index < -0.39 is 0 Å². The van der Waals surface area contributed by atoms with Gasteiger partial charge in [0, 0.05) is 132 Å². The quantitative estimate of drug-likeness (QED) is 0.114. The molecule has 0 saturated carbocycles. The minimum absolute atomic E-state index is 0.656. The van der Waals surface area contributed by atoms with Crippen LogP contribution < -0.4 is 0 Å². The molecule has 8 aromatic heterocycles. The number of rotatable bonds is 12. The summed E-state index contributed by atoms with van der Waals surface area (Å²) in [6.07, 6.45) is 0. The Morgan fingerprint density at radius 3 is 0.638 bits per heavy atom. The van der Waals surface area contributed by atoms with Gasteiger partial charge >= 0.3 is 0 Å². The first-order valence-corrected chi connectivity index (χ1v) is 47.1. The zero-order valence-electron chi connectivity index (χ0n) is 74.7.